The predicted molar refractivity (Wildman–Crippen MR) is 81.7 cm³/mol. The first kappa shape index (κ1) is 15.4. The van der Waals surface area contributed by atoms with Crippen LogP contribution in [0, 0.1) is 0 Å². The lowest BCUT2D eigenvalue weighted by molar-refractivity contribution is 0.151. The van der Waals surface area contributed by atoms with Crippen LogP contribution >= 0.6 is 0 Å². The number of hydrogen-bond donors (Lipinski definition) is 1. The molecule has 0 radical (unpaired) electrons. The van der Waals surface area contributed by atoms with Crippen LogP contribution in [0.15, 0.2) is 28.8 Å². The zero-order valence-corrected chi connectivity index (χ0v) is 13.0. The fourth-order valence-corrected chi connectivity index (χ4v) is 4.13. The summed E-state index contributed by atoms with van der Waals surface area (Å²) in [5.74, 6) is -0.149. The quantitative estimate of drug-likeness (QED) is 0.849. The maximum absolute atomic E-state index is 12.5. The van der Waals surface area contributed by atoms with Crippen molar-refractivity contribution >= 4 is 21.0 Å². The van der Waals surface area contributed by atoms with Crippen molar-refractivity contribution in [2.24, 2.45) is 0 Å². The lowest BCUT2D eigenvalue weighted by Gasteiger charge is -2.33. The standard InChI is InChI=1S/C14H19N3O4S/c18-10-9-16-5-7-17(8-6-16)22(19,20)11-13-12-3-1-2-4-14(12)21-15-13/h1-4,18H,5-11H2. The minimum atomic E-state index is -3.41. The van der Waals surface area contributed by atoms with E-state index in [0.717, 1.165) is 5.39 Å². The first-order chi connectivity index (χ1) is 10.6. The Morgan fingerprint density at radius 2 is 1.91 bits per heavy atom. The number of sulfonamides is 1. The zero-order chi connectivity index (χ0) is 15.6. The number of benzene rings is 1. The number of para-hydroxylation sites is 1. The molecule has 2 aromatic rings. The van der Waals surface area contributed by atoms with E-state index in [9.17, 15) is 8.42 Å². The van der Waals surface area contributed by atoms with Crippen molar-refractivity contribution in [2.75, 3.05) is 39.3 Å². The number of nitrogens with zero attached hydrogens (tertiary/aromatic N) is 3. The van der Waals surface area contributed by atoms with Gasteiger partial charge >= 0.3 is 0 Å². The molecule has 3 rings (SSSR count). The summed E-state index contributed by atoms with van der Waals surface area (Å²) in [6.07, 6.45) is 0. The van der Waals surface area contributed by atoms with Gasteiger partial charge in [-0.05, 0) is 12.1 Å². The Kier molecular flexibility index (Phi) is 4.44. The van der Waals surface area contributed by atoms with Crippen LogP contribution in [-0.4, -0.2) is 67.2 Å². The van der Waals surface area contributed by atoms with Crippen LogP contribution in [0.4, 0.5) is 0 Å². The second-order valence-electron chi connectivity index (χ2n) is 5.35. The Bertz CT molecular complexity index is 735. The van der Waals surface area contributed by atoms with Crippen LogP contribution < -0.4 is 0 Å². The summed E-state index contributed by atoms with van der Waals surface area (Å²) in [5.41, 5.74) is 1.05. The number of aromatic nitrogens is 1. The molecule has 0 aliphatic carbocycles. The summed E-state index contributed by atoms with van der Waals surface area (Å²) >= 11 is 0. The van der Waals surface area contributed by atoms with Crippen molar-refractivity contribution in [3.05, 3.63) is 30.0 Å². The molecule has 7 nitrogen and oxygen atoms in total. The molecule has 1 aromatic heterocycles. The van der Waals surface area contributed by atoms with E-state index in [2.05, 4.69) is 10.1 Å². The summed E-state index contributed by atoms with van der Waals surface area (Å²) in [6.45, 7) is 2.84. The van der Waals surface area contributed by atoms with Crippen LogP contribution in [0.3, 0.4) is 0 Å². The fourth-order valence-electron chi connectivity index (χ4n) is 2.68. The average molecular weight is 325 g/mol. The normalized spacial score (nSPS) is 18.0. The number of β-amino-alcohol motifs (C(OH)–C–C–N with tert-alkyl or cyclic N) is 1. The fraction of sp³-hybridized carbons (Fsp3) is 0.500. The lowest BCUT2D eigenvalue weighted by Crippen LogP contribution is -2.49. The summed E-state index contributed by atoms with van der Waals surface area (Å²) < 4.78 is 31.7. The first-order valence-corrected chi connectivity index (χ1v) is 8.85. The Morgan fingerprint density at radius 1 is 1.18 bits per heavy atom. The number of fused-ring (bicyclic) bond motifs is 1. The molecule has 22 heavy (non-hydrogen) atoms. The van der Waals surface area contributed by atoms with Gasteiger partial charge < -0.3 is 9.63 Å². The second kappa shape index (κ2) is 6.33. The van der Waals surface area contributed by atoms with Crippen LogP contribution in [0.2, 0.25) is 0 Å². The van der Waals surface area contributed by atoms with E-state index in [4.69, 9.17) is 9.63 Å². The molecule has 0 bridgehead atoms. The topological polar surface area (TPSA) is 86.9 Å². The summed E-state index contributed by atoms with van der Waals surface area (Å²) in [5, 5.41) is 13.6. The molecule has 2 heterocycles. The molecule has 0 spiro atoms. The highest BCUT2D eigenvalue weighted by atomic mass is 32.2. The number of piperazine rings is 1. The third-order valence-electron chi connectivity index (χ3n) is 3.91. The number of hydrogen-bond acceptors (Lipinski definition) is 6. The van der Waals surface area contributed by atoms with Gasteiger partial charge in [0.25, 0.3) is 0 Å². The molecule has 1 N–H and O–H groups in total. The van der Waals surface area contributed by atoms with Crippen LogP contribution in [0.1, 0.15) is 5.69 Å². The molecule has 120 valence electrons. The van der Waals surface area contributed by atoms with E-state index in [1.165, 1.54) is 4.31 Å². The van der Waals surface area contributed by atoms with E-state index in [0.29, 0.717) is 44.0 Å². The summed E-state index contributed by atoms with van der Waals surface area (Å²) in [6, 6.07) is 7.25. The third kappa shape index (κ3) is 3.14. The van der Waals surface area contributed by atoms with E-state index in [1.807, 2.05) is 18.2 Å². The molecular formula is C14H19N3O4S. The third-order valence-corrected chi connectivity index (χ3v) is 5.70. The Balaban J connectivity index is 1.72. The summed E-state index contributed by atoms with van der Waals surface area (Å²) in [4.78, 5) is 2.05. The maximum atomic E-state index is 12.5. The molecule has 0 atom stereocenters. The van der Waals surface area contributed by atoms with Crippen molar-refractivity contribution in [1.29, 1.82) is 0 Å². The van der Waals surface area contributed by atoms with Crippen molar-refractivity contribution in [1.82, 2.24) is 14.4 Å². The van der Waals surface area contributed by atoms with Crippen molar-refractivity contribution in [3.8, 4) is 0 Å². The van der Waals surface area contributed by atoms with Crippen molar-refractivity contribution < 1.29 is 18.0 Å². The molecule has 0 amide bonds. The molecule has 0 unspecified atom stereocenters. The van der Waals surface area contributed by atoms with Gasteiger partial charge in [-0.15, -0.1) is 0 Å². The van der Waals surface area contributed by atoms with Gasteiger partial charge in [-0.2, -0.15) is 4.31 Å². The number of rotatable bonds is 5. The van der Waals surface area contributed by atoms with Crippen LogP contribution in [0.5, 0.6) is 0 Å². The average Bonchev–Trinajstić information content (AvgIpc) is 2.91. The number of aliphatic hydroxyl groups is 1. The van der Waals surface area contributed by atoms with Gasteiger partial charge in [-0.3, -0.25) is 4.90 Å². The van der Waals surface area contributed by atoms with Gasteiger partial charge in [-0.25, -0.2) is 8.42 Å². The van der Waals surface area contributed by atoms with Gasteiger partial charge in [0.1, 0.15) is 11.4 Å². The highest BCUT2D eigenvalue weighted by Crippen LogP contribution is 2.21. The molecule has 1 aliphatic heterocycles. The first-order valence-electron chi connectivity index (χ1n) is 7.24. The van der Waals surface area contributed by atoms with Gasteiger partial charge in [0, 0.05) is 38.1 Å². The van der Waals surface area contributed by atoms with Gasteiger partial charge in [-0.1, -0.05) is 17.3 Å². The molecule has 1 fully saturated rings. The van der Waals surface area contributed by atoms with Crippen molar-refractivity contribution in [2.45, 2.75) is 5.75 Å². The van der Waals surface area contributed by atoms with Crippen LogP contribution in [0.25, 0.3) is 11.0 Å². The van der Waals surface area contributed by atoms with E-state index in [-0.39, 0.29) is 12.4 Å². The van der Waals surface area contributed by atoms with Crippen molar-refractivity contribution in [3.63, 3.8) is 0 Å². The molecule has 0 saturated carbocycles. The molecule has 8 heteroatoms. The van der Waals surface area contributed by atoms with Crippen LogP contribution in [-0.2, 0) is 15.8 Å². The van der Waals surface area contributed by atoms with Gasteiger partial charge in [0.05, 0.1) is 6.61 Å². The zero-order valence-electron chi connectivity index (χ0n) is 12.2. The highest BCUT2D eigenvalue weighted by Gasteiger charge is 2.28. The smallest absolute Gasteiger partial charge is 0.220 e. The minimum absolute atomic E-state index is 0.0949. The van der Waals surface area contributed by atoms with E-state index in [1.54, 1.807) is 6.07 Å². The molecule has 1 aliphatic rings. The largest absolute Gasteiger partial charge is 0.395 e. The monoisotopic (exact) mass is 325 g/mol. The molecule has 1 saturated heterocycles. The predicted octanol–water partition coefficient (Wildman–Crippen LogP) is 0.268. The Labute approximate surface area is 129 Å². The Morgan fingerprint density at radius 3 is 2.64 bits per heavy atom. The second-order valence-corrected chi connectivity index (χ2v) is 7.31. The number of aliphatic hydroxyl groups excluding tert-OH is 1. The minimum Gasteiger partial charge on any atom is -0.395 e. The molecular weight excluding hydrogens is 306 g/mol. The van der Waals surface area contributed by atoms with E-state index >= 15 is 0 Å². The highest BCUT2D eigenvalue weighted by molar-refractivity contribution is 7.88. The summed E-state index contributed by atoms with van der Waals surface area (Å²) in [7, 11) is -3.41. The van der Waals surface area contributed by atoms with E-state index < -0.39 is 10.0 Å². The lowest BCUT2D eigenvalue weighted by atomic mass is 10.2. The Hall–Kier alpha value is -1.48. The van der Waals surface area contributed by atoms with Gasteiger partial charge in [0.15, 0.2) is 5.58 Å². The van der Waals surface area contributed by atoms with Gasteiger partial charge in [0.2, 0.25) is 10.0 Å². The maximum Gasteiger partial charge on any atom is 0.220 e. The SMILES string of the molecule is O=S(=O)(Cc1noc2ccccc12)N1CCN(CCO)CC1. The molecule has 1 aromatic carbocycles.